The number of carbonyl (C=O) groups is 5. The molecule has 3 aliphatic heterocycles. The van der Waals surface area contributed by atoms with Gasteiger partial charge in [-0.15, -0.1) is 0 Å². The Morgan fingerprint density at radius 2 is 1.49 bits per heavy atom. The fraction of sp³-hybridized carbons (Fsp3) is 0.400. The first-order valence-corrected chi connectivity index (χ1v) is 11.1. The van der Waals surface area contributed by atoms with E-state index in [1.807, 2.05) is 0 Å². The second-order valence-corrected chi connectivity index (χ2v) is 9.12. The molecule has 5 rings (SSSR count). The minimum atomic E-state index is -1.14. The van der Waals surface area contributed by atoms with Crippen molar-refractivity contribution in [2.45, 2.75) is 38.4 Å². The third kappa shape index (κ3) is 2.74. The standard InChI is InChI=1S/C25H24N2O8/c1-9-19(29)11-6-13-18-17-12(20(30)10(2)24(35-5)22(17)32)7-14(26(18)3)25(33)27(13)15(8-28)16(11)21(31)23(9)34-4/h6,14-15,18,28H,7-8H2,1-5H3/t14-,15-,18+/m0/s1. The molecule has 3 heterocycles. The lowest BCUT2D eigenvalue weighted by atomic mass is 9.72. The normalized spacial score (nSPS) is 29.0. The van der Waals surface area contributed by atoms with Crippen LogP contribution >= 0.6 is 0 Å². The van der Waals surface area contributed by atoms with E-state index in [9.17, 15) is 29.1 Å². The molecule has 1 saturated heterocycles. The van der Waals surface area contributed by atoms with E-state index in [1.54, 1.807) is 11.9 Å². The molecule has 35 heavy (non-hydrogen) atoms. The number of likely N-dealkylation sites (N-methyl/N-ethyl adjacent to an activating group) is 1. The van der Waals surface area contributed by atoms with Gasteiger partial charge in [0.2, 0.25) is 17.5 Å². The van der Waals surface area contributed by atoms with Gasteiger partial charge in [0, 0.05) is 45.6 Å². The Bertz CT molecular complexity index is 1320. The Morgan fingerprint density at radius 3 is 2.06 bits per heavy atom. The van der Waals surface area contributed by atoms with E-state index >= 15 is 0 Å². The Morgan fingerprint density at radius 1 is 0.914 bits per heavy atom. The number of nitrogens with zero attached hydrogens (tertiary/aromatic N) is 2. The van der Waals surface area contributed by atoms with Crippen molar-refractivity contribution in [1.29, 1.82) is 0 Å². The Labute approximate surface area is 200 Å². The molecule has 10 heteroatoms. The minimum absolute atomic E-state index is 0.00309. The zero-order valence-electron chi connectivity index (χ0n) is 19.9. The van der Waals surface area contributed by atoms with Crippen LogP contribution in [0.15, 0.2) is 56.7 Å². The molecule has 0 aromatic carbocycles. The number of carbonyl (C=O) groups excluding carboxylic acids is 5. The van der Waals surface area contributed by atoms with E-state index in [-0.39, 0.29) is 62.9 Å². The fourth-order valence-electron chi connectivity index (χ4n) is 5.87. The summed E-state index contributed by atoms with van der Waals surface area (Å²) in [5.41, 5.74) is 0.996. The van der Waals surface area contributed by atoms with Crippen molar-refractivity contribution in [2.75, 3.05) is 27.9 Å². The quantitative estimate of drug-likeness (QED) is 0.550. The molecular weight excluding hydrogens is 456 g/mol. The molecule has 182 valence electrons. The van der Waals surface area contributed by atoms with Gasteiger partial charge >= 0.3 is 0 Å². The first kappa shape index (κ1) is 23.1. The van der Waals surface area contributed by atoms with Crippen LogP contribution in [-0.2, 0) is 33.4 Å². The predicted octanol–water partition coefficient (Wildman–Crippen LogP) is -0.103. The van der Waals surface area contributed by atoms with Crippen LogP contribution in [0.25, 0.3) is 0 Å². The Balaban J connectivity index is 1.76. The highest BCUT2D eigenvalue weighted by Crippen LogP contribution is 2.47. The van der Waals surface area contributed by atoms with Crippen LogP contribution < -0.4 is 0 Å². The number of piperazine rings is 1. The van der Waals surface area contributed by atoms with Gasteiger partial charge in [-0.2, -0.15) is 0 Å². The summed E-state index contributed by atoms with van der Waals surface area (Å²) < 4.78 is 10.4. The number of Topliss-reactive ketones (excluding diaryl/α,β-unsaturated/α-hetero) is 4. The number of aliphatic hydroxyl groups is 1. The minimum Gasteiger partial charge on any atom is -0.492 e. The van der Waals surface area contributed by atoms with Gasteiger partial charge < -0.3 is 19.5 Å². The molecule has 0 aromatic rings. The Kier molecular flexibility index (Phi) is 5.08. The summed E-state index contributed by atoms with van der Waals surface area (Å²) in [5.74, 6) is -2.49. The second-order valence-electron chi connectivity index (χ2n) is 9.12. The number of ether oxygens (including phenoxy) is 2. The number of allylic oxidation sites excluding steroid dienone is 6. The predicted molar refractivity (Wildman–Crippen MR) is 119 cm³/mol. The number of amides is 1. The lowest BCUT2D eigenvalue weighted by Gasteiger charge is -2.53. The van der Waals surface area contributed by atoms with Gasteiger partial charge in [0.25, 0.3) is 0 Å². The van der Waals surface area contributed by atoms with E-state index in [1.165, 1.54) is 39.0 Å². The summed E-state index contributed by atoms with van der Waals surface area (Å²) in [7, 11) is 4.27. The summed E-state index contributed by atoms with van der Waals surface area (Å²) in [6.45, 7) is 2.36. The number of ketones is 4. The molecule has 0 unspecified atom stereocenters. The second kappa shape index (κ2) is 7.69. The number of hydrogen-bond donors (Lipinski definition) is 1. The first-order valence-electron chi connectivity index (χ1n) is 11.1. The average Bonchev–Trinajstić information content (AvgIpc) is 2.83. The van der Waals surface area contributed by atoms with Crippen LogP contribution in [0.1, 0.15) is 20.3 Å². The highest BCUT2D eigenvalue weighted by Gasteiger charge is 2.56. The van der Waals surface area contributed by atoms with Crippen molar-refractivity contribution in [3.8, 4) is 0 Å². The molecule has 2 bridgehead atoms. The van der Waals surface area contributed by atoms with Crippen LogP contribution in [-0.4, -0.2) is 89.9 Å². The average molecular weight is 480 g/mol. The summed E-state index contributed by atoms with van der Waals surface area (Å²) in [5, 5.41) is 10.3. The maximum Gasteiger partial charge on any atom is 0.245 e. The smallest absolute Gasteiger partial charge is 0.245 e. The summed E-state index contributed by atoms with van der Waals surface area (Å²) >= 11 is 0. The van der Waals surface area contributed by atoms with Crippen molar-refractivity contribution in [2.24, 2.45) is 0 Å². The van der Waals surface area contributed by atoms with Crippen molar-refractivity contribution in [3.63, 3.8) is 0 Å². The topological polar surface area (TPSA) is 131 Å². The number of methoxy groups -OCH3 is 2. The molecule has 1 fully saturated rings. The largest absolute Gasteiger partial charge is 0.492 e. The maximum absolute atomic E-state index is 13.7. The number of aliphatic hydroxyl groups excluding tert-OH is 1. The first-order chi connectivity index (χ1) is 16.6. The van der Waals surface area contributed by atoms with Crippen LogP contribution in [0.4, 0.5) is 0 Å². The molecule has 1 amide bonds. The van der Waals surface area contributed by atoms with Gasteiger partial charge in [-0.3, -0.25) is 28.9 Å². The molecule has 0 saturated carbocycles. The molecule has 0 spiro atoms. The van der Waals surface area contributed by atoms with Gasteiger partial charge in [-0.25, -0.2) is 0 Å². The van der Waals surface area contributed by atoms with Gasteiger partial charge in [-0.05, 0) is 27.0 Å². The number of rotatable bonds is 3. The third-order valence-corrected chi connectivity index (χ3v) is 7.57. The van der Waals surface area contributed by atoms with Gasteiger partial charge in [0.15, 0.2) is 23.1 Å². The monoisotopic (exact) mass is 480 g/mol. The highest BCUT2D eigenvalue weighted by molar-refractivity contribution is 6.27. The SMILES string of the molecule is COC1=C(C)C(=O)C2=C(C1=O)[C@H]1C3=CC4=C(C(=O)C(OC)=C(C)C4=O)[C@H](CO)N3C(=O)[C@H](C2)N1C. The van der Waals surface area contributed by atoms with Gasteiger partial charge in [0.1, 0.15) is 0 Å². The van der Waals surface area contributed by atoms with Crippen molar-refractivity contribution < 1.29 is 38.6 Å². The van der Waals surface area contributed by atoms with Crippen LogP contribution in [0.3, 0.4) is 0 Å². The van der Waals surface area contributed by atoms with Crippen molar-refractivity contribution >= 4 is 29.0 Å². The van der Waals surface area contributed by atoms with E-state index < -0.39 is 48.0 Å². The molecular formula is C25H24N2O8. The summed E-state index contributed by atoms with van der Waals surface area (Å²) in [6, 6.07) is -2.79. The van der Waals surface area contributed by atoms with E-state index in [0.29, 0.717) is 0 Å². The fourth-order valence-corrected chi connectivity index (χ4v) is 5.87. The maximum atomic E-state index is 13.7. The highest BCUT2D eigenvalue weighted by atomic mass is 16.5. The lowest BCUT2D eigenvalue weighted by molar-refractivity contribution is -0.144. The molecule has 1 N–H and O–H groups in total. The summed E-state index contributed by atoms with van der Waals surface area (Å²) in [6.07, 6.45) is 1.43. The zero-order valence-corrected chi connectivity index (χ0v) is 19.9. The van der Waals surface area contributed by atoms with Gasteiger partial charge in [0.05, 0.1) is 39.0 Å². The molecule has 10 nitrogen and oxygen atoms in total. The van der Waals surface area contributed by atoms with E-state index in [4.69, 9.17) is 9.47 Å². The molecule has 0 aromatic heterocycles. The molecule has 0 radical (unpaired) electrons. The van der Waals surface area contributed by atoms with Crippen molar-refractivity contribution in [1.82, 2.24) is 9.80 Å². The van der Waals surface area contributed by atoms with Crippen LogP contribution in [0.5, 0.6) is 0 Å². The van der Waals surface area contributed by atoms with E-state index in [2.05, 4.69) is 0 Å². The van der Waals surface area contributed by atoms with Gasteiger partial charge in [-0.1, -0.05) is 0 Å². The summed E-state index contributed by atoms with van der Waals surface area (Å²) in [4.78, 5) is 69.8. The van der Waals surface area contributed by atoms with Crippen LogP contribution in [0.2, 0.25) is 0 Å². The lowest BCUT2D eigenvalue weighted by Crippen LogP contribution is -2.66. The molecule has 3 atom stereocenters. The number of hydrogen-bond acceptors (Lipinski definition) is 9. The molecule has 5 aliphatic rings. The van der Waals surface area contributed by atoms with E-state index in [0.717, 1.165) is 0 Å². The van der Waals surface area contributed by atoms with Crippen LogP contribution in [0, 0.1) is 0 Å². The third-order valence-electron chi connectivity index (χ3n) is 7.57. The zero-order chi connectivity index (χ0) is 25.5. The molecule has 2 aliphatic carbocycles. The Hall–Kier alpha value is -3.63. The van der Waals surface area contributed by atoms with Crippen molar-refractivity contribution in [3.05, 3.63) is 56.7 Å². The number of fused-ring (bicyclic) bond motifs is 5.